The van der Waals surface area contributed by atoms with Crippen LogP contribution < -0.4 is 20.7 Å². The summed E-state index contributed by atoms with van der Waals surface area (Å²) in [4.78, 5) is 55.6. The number of ether oxygens (including phenoxy) is 1. The number of carbonyl (C=O) groups is 4. The lowest BCUT2D eigenvalue weighted by Gasteiger charge is -2.34. The third-order valence-corrected chi connectivity index (χ3v) is 11.0. The molecule has 3 aliphatic heterocycles. The summed E-state index contributed by atoms with van der Waals surface area (Å²) in [7, 11) is -4.15. The van der Waals surface area contributed by atoms with Gasteiger partial charge in [-0.1, -0.05) is 25.0 Å². The molecule has 0 aromatic rings. The average molecular weight is 651 g/mol. The molecule has 13 nitrogen and oxygen atoms in total. The molecule has 2 saturated carbocycles. The van der Waals surface area contributed by atoms with E-state index in [1.165, 1.54) is 9.21 Å². The molecule has 2 aliphatic carbocycles. The zero-order valence-corrected chi connectivity index (χ0v) is 27.6. The number of nitrogens with zero attached hydrogens (tertiary/aromatic N) is 2. The second kappa shape index (κ2) is 13.6. The van der Waals surface area contributed by atoms with E-state index in [1.54, 1.807) is 20.8 Å². The zero-order chi connectivity index (χ0) is 32.4. The Bertz CT molecular complexity index is 1270. The Morgan fingerprint density at radius 2 is 1.71 bits per heavy atom. The van der Waals surface area contributed by atoms with Crippen molar-refractivity contribution in [1.29, 1.82) is 0 Å². The summed E-state index contributed by atoms with van der Waals surface area (Å²) in [5.41, 5.74) is -2.16. The Morgan fingerprint density at radius 1 is 1.00 bits per heavy atom. The number of hydrogen-bond donors (Lipinski definition) is 4. The number of carbonyl (C=O) groups excluding carboxylic acids is 4. The highest BCUT2D eigenvalue weighted by Crippen LogP contribution is 2.46. The third-order valence-electron chi connectivity index (χ3n) is 9.40. The van der Waals surface area contributed by atoms with E-state index in [2.05, 4.69) is 20.7 Å². The van der Waals surface area contributed by atoms with Gasteiger partial charge in [-0.2, -0.15) is 12.7 Å². The van der Waals surface area contributed by atoms with Gasteiger partial charge in [0.25, 0.3) is 5.91 Å². The van der Waals surface area contributed by atoms with Crippen LogP contribution in [0.4, 0.5) is 4.79 Å². The first kappa shape index (κ1) is 33.6. The van der Waals surface area contributed by atoms with Gasteiger partial charge in [0.05, 0.1) is 0 Å². The Hall–Kier alpha value is -2.71. The van der Waals surface area contributed by atoms with Crippen LogP contribution >= 0.6 is 0 Å². The Kier molecular flexibility index (Phi) is 10.1. The van der Waals surface area contributed by atoms with Crippen molar-refractivity contribution in [2.75, 3.05) is 19.6 Å². The molecule has 0 aromatic heterocycles. The highest BCUT2D eigenvalue weighted by molar-refractivity contribution is 7.87. The molecule has 0 spiro atoms. The Labute approximate surface area is 266 Å². The van der Waals surface area contributed by atoms with Gasteiger partial charge in [0.15, 0.2) is 0 Å². The molecule has 0 aromatic carbocycles. The highest BCUT2D eigenvalue weighted by atomic mass is 32.2. The summed E-state index contributed by atoms with van der Waals surface area (Å²) in [6.45, 7) is 7.02. The van der Waals surface area contributed by atoms with Crippen LogP contribution in [-0.2, 0) is 29.3 Å². The monoisotopic (exact) mass is 650 g/mol. The minimum atomic E-state index is -4.15. The fraction of sp³-hybridized carbons (Fsp3) is 0.806. The number of allylic oxidation sites excluding steroid dienone is 1. The van der Waals surface area contributed by atoms with E-state index in [-0.39, 0.29) is 30.3 Å². The zero-order valence-electron chi connectivity index (χ0n) is 26.8. The summed E-state index contributed by atoms with van der Waals surface area (Å²) in [5, 5.41) is 8.89. The van der Waals surface area contributed by atoms with Crippen LogP contribution in [0.25, 0.3) is 0 Å². The van der Waals surface area contributed by atoms with Crippen LogP contribution in [0.2, 0.25) is 0 Å². The molecule has 3 heterocycles. The van der Waals surface area contributed by atoms with Gasteiger partial charge in [0, 0.05) is 24.5 Å². The van der Waals surface area contributed by atoms with Crippen molar-refractivity contribution in [3.63, 3.8) is 0 Å². The van der Waals surface area contributed by atoms with Gasteiger partial charge in [-0.25, -0.2) is 9.52 Å². The van der Waals surface area contributed by atoms with Crippen LogP contribution in [0.1, 0.15) is 97.8 Å². The van der Waals surface area contributed by atoms with Gasteiger partial charge in [0.2, 0.25) is 11.8 Å². The molecule has 45 heavy (non-hydrogen) atoms. The number of amides is 4. The van der Waals surface area contributed by atoms with Crippen molar-refractivity contribution in [1.82, 2.24) is 29.9 Å². The average Bonchev–Trinajstić information content (AvgIpc) is 3.86. The SMILES string of the molecule is CC(C)(C)OC(=O)N[C@H]1CCCCC/C=C\[C@@H]2C[C@@]2(C(=O)NS(=O)(=O)N(C2CCNCC2)C2CC2)NC(=O)[C@@H]2CCCN2C1=O. The van der Waals surface area contributed by atoms with Crippen LogP contribution in [0.5, 0.6) is 0 Å². The molecule has 4 amide bonds. The van der Waals surface area contributed by atoms with Crippen molar-refractivity contribution in [3.05, 3.63) is 12.2 Å². The number of fused-ring (bicyclic) bond motifs is 2. The van der Waals surface area contributed by atoms with Gasteiger partial charge >= 0.3 is 16.3 Å². The van der Waals surface area contributed by atoms with Crippen molar-refractivity contribution >= 4 is 34.0 Å². The minimum Gasteiger partial charge on any atom is -0.444 e. The summed E-state index contributed by atoms with van der Waals surface area (Å²) in [6.07, 6.45) is 10.9. The summed E-state index contributed by atoms with van der Waals surface area (Å²) >= 11 is 0. The summed E-state index contributed by atoms with van der Waals surface area (Å²) in [5.74, 6) is -1.95. The summed E-state index contributed by atoms with van der Waals surface area (Å²) < 4.78 is 36.6. The highest BCUT2D eigenvalue weighted by Gasteiger charge is 2.62. The van der Waals surface area contributed by atoms with E-state index in [4.69, 9.17) is 4.74 Å². The Balaban J connectivity index is 1.34. The van der Waals surface area contributed by atoms with Crippen molar-refractivity contribution < 1.29 is 32.3 Å². The predicted molar refractivity (Wildman–Crippen MR) is 167 cm³/mol. The lowest BCUT2D eigenvalue weighted by atomic mass is 10.0. The smallest absolute Gasteiger partial charge is 0.408 e. The number of hydrogen-bond acceptors (Lipinski definition) is 8. The maximum Gasteiger partial charge on any atom is 0.408 e. The normalized spacial score (nSPS) is 31.1. The maximum atomic E-state index is 13.9. The van der Waals surface area contributed by atoms with Crippen LogP contribution in [-0.4, -0.2) is 96.4 Å². The van der Waals surface area contributed by atoms with E-state index < -0.39 is 51.3 Å². The first-order chi connectivity index (χ1) is 21.3. The first-order valence-corrected chi connectivity index (χ1v) is 18.1. The topological polar surface area (TPSA) is 166 Å². The molecular formula is C31H50N6O7S. The second-order valence-electron chi connectivity index (χ2n) is 14.2. The van der Waals surface area contributed by atoms with Gasteiger partial charge in [0.1, 0.15) is 23.2 Å². The molecule has 0 radical (unpaired) electrons. The molecular weight excluding hydrogens is 600 g/mol. The maximum absolute atomic E-state index is 13.9. The van der Waals surface area contributed by atoms with Crippen LogP contribution in [0.3, 0.4) is 0 Å². The molecule has 5 rings (SSSR count). The lowest BCUT2D eigenvalue weighted by Crippen LogP contribution is -2.60. The van der Waals surface area contributed by atoms with E-state index in [0.717, 1.165) is 45.2 Å². The number of alkyl carbamates (subject to hydrolysis) is 1. The molecule has 4 atom stereocenters. The standard InChI is InChI=1S/C31H50N6O7S/c1-30(2,3)44-29(41)33-24-11-8-6-4-5-7-10-21-20-31(21,34-26(38)25-12-9-19-36(25)27(24)39)28(40)35-45(42,43)37(22-13-14-22)23-15-17-32-18-16-23/h7,10,21-25,32H,4-6,8-9,11-20H2,1-3H3,(H,33,41)(H,34,38)(H,35,40)/b10-7-/t21-,24+,25+,31-/m1/s1. The number of nitrogens with one attached hydrogen (secondary N) is 4. The largest absolute Gasteiger partial charge is 0.444 e. The molecule has 0 bridgehead atoms. The molecule has 14 heteroatoms. The van der Waals surface area contributed by atoms with Crippen LogP contribution in [0.15, 0.2) is 12.2 Å². The molecule has 2 saturated heterocycles. The lowest BCUT2D eigenvalue weighted by molar-refractivity contribution is -0.141. The molecule has 5 aliphatic rings. The second-order valence-corrected chi connectivity index (χ2v) is 15.8. The van der Waals surface area contributed by atoms with Gasteiger partial charge in [-0.15, -0.1) is 0 Å². The fourth-order valence-electron chi connectivity index (χ4n) is 6.89. The Morgan fingerprint density at radius 3 is 2.40 bits per heavy atom. The first-order valence-electron chi connectivity index (χ1n) is 16.7. The van der Waals surface area contributed by atoms with Crippen LogP contribution in [0, 0.1) is 5.92 Å². The number of piperidine rings is 1. The molecule has 4 N–H and O–H groups in total. The fourth-order valence-corrected chi connectivity index (χ4v) is 8.61. The minimum absolute atomic E-state index is 0.117. The molecule has 0 unspecified atom stereocenters. The van der Waals surface area contributed by atoms with Gasteiger partial charge < -0.3 is 25.6 Å². The van der Waals surface area contributed by atoms with Gasteiger partial charge in [-0.3, -0.25) is 14.4 Å². The van der Waals surface area contributed by atoms with E-state index in [9.17, 15) is 27.6 Å². The molecule has 252 valence electrons. The van der Waals surface area contributed by atoms with E-state index >= 15 is 0 Å². The van der Waals surface area contributed by atoms with Crippen molar-refractivity contribution in [2.45, 2.75) is 133 Å². The number of rotatable bonds is 6. The quantitative estimate of drug-likeness (QED) is 0.316. The summed E-state index contributed by atoms with van der Waals surface area (Å²) in [6, 6.07) is -1.99. The predicted octanol–water partition coefficient (Wildman–Crippen LogP) is 1.84. The van der Waals surface area contributed by atoms with Gasteiger partial charge in [-0.05, 0) is 98.1 Å². The van der Waals surface area contributed by atoms with Crippen molar-refractivity contribution in [2.24, 2.45) is 5.92 Å². The molecule has 4 fully saturated rings. The van der Waals surface area contributed by atoms with Crippen molar-refractivity contribution in [3.8, 4) is 0 Å². The van der Waals surface area contributed by atoms with E-state index in [0.29, 0.717) is 45.1 Å². The van der Waals surface area contributed by atoms with E-state index in [1.807, 2.05) is 12.2 Å². The third kappa shape index (κ3) is 8.18.